The Kier molecular flexibility index (Phi) is 5.76. The lowest BCUT2D eigenvalue weighted by Gasteiger charge is -2.19. The van der Waals surface area contributed by atoms with Crippen LogP contribution >= 0.6 is 11.6 Å². The first-order valence-electron chi connectivity index (χ1n) is 9.73. The smallest absolute Gasteiger partial charge is 0.261 e. The number of hydrogen-bond acceptors (Lipinski definition) is 5. The second kappa shape index (κ2) is 8.64. The van der Waals surface area contributed by atoms with Crippen LogP contribution in [0.2, 0.25) is 5.02 Å². The van der Waals surface area contributed by atoms with Gasteiger partial charge in [-0.15, -0.1) is 0 Å². The fourth-order valence-corrected chi connectivity index (χ4v) is 3.85. The van der Waals surface area contributed by atoms with Gasteiger partial charge in [0.25, 0.3) is 5.56 Å². The minimum atomic E-state index is -0.338. The number of fused-ring (bicyclic) bond motifs is 1. The first-order valence-corrected chi connectivity index (χ1v) is 10.1. The molecule has 0 radical (unpaired) electrons. The fraction of sp³-hybridized carbons (Fsp3) is 0.174. The Bertz CT molecular complexity index is 1350. The van der Waals surface area contributed by atoms with Gasteiger partial charge in [0.05, 0.1) is 41.0 Å². The van der Waals surface area contributed by atoms with Crippen molar-refractivity contribution in [2.24, 2.45) is 0 Å². The van der Waals surface area contributed by atoms with E-state index in [0.29, 0.717) is 45.1 Å². The normalized spacial score (nSPS) is 11.9. The first-order chi connectivity index (χ1) is 15.0. The van der Waals surface area contributed by atoms with Crippen molar-refractivity contribution in [3.63, 3.8) is 0 Å². The van der Waals surface area contributed by atoms with Crippen molar-refractivity contribution in [1.29, 1.82) is 5.26 Å². The monoisotopic (exact) mass is 433 g/mol. The third kappa shape index (κ3) is 4.31. The van der Waals surface area contributed by atoms with Crippen LogP contribution in [0.15, 0.2) is 53.5 Å². The summed E-state index contributed by atoms with van der Waals surface area (Å²) < 4.78 is 0. The Morgan fingerprint density at radius 1 is 1.29 bits per heavy atom. The molecule has 0 fully saturated rings. The number of H-pyrrole nitrogens is 2. The van der Waals surface area contributed by atoms with Crippen LogP contribution in [-0.2, 0) is 6.42 Å². The molecule has 7 nitrogen and oxygen atoms in total. The predicted octanol–water partition coefficient (Wildman–Crippen LogP) is 3.77. The van der Waals surface area contributed by atoms with E-state index >= 15 is 0 Å². The molecule has 4 rings (SSSR count). The highest BCUT2D eigenvalue weighted by Gasteiger charge is 2.18. The molecule has 1 atom stereocenters. The number of halogens is 1. The second-order valence-electron chi connectivity index (χ2n) is 7.34. The number of anilines is 1. The summed E-state index contributed by atoms with van der Waals surface area (Å²) >= 11 is 6.07. The molecule has 4 aromatic rings. The van der Waals surface area contributed by atoms with Gasteiger partial charge in [-0.1, -0.05) is 23.7 Å². The number of hydrogen-bond donors (Lipinski definition) is 4. The number of aliphatic hydroxyl groups excluding tert-OH is 1. The zero-order valence-electron chi connectivity index (χ0n) is 16.7. The van der Waals surface area contributed by atoms with E-state index in [1.807, 2.05) is 25.1 Å². The van der Waals surface area contributed by atoms with Crippen LogP contribution in [-0.4, -0.2) is 32.7 Å². The molecule has 0 aliphatic carbocycles. The zero-order valence-corrected chi connectivity index (χ0v) is 17.5. The molecule has 2 aromatic carbocycles. The summed E-state index contributed by atoms with van der Waals surface area (Å²) in [5.74, 6) is 0.386. The van der Waals surface area contributed by atoms with Crippen molar-refractivity contribution in [3.8, 4) is 17.5 Å². The number of nitriles is 1. The van der Waals surface area contributed by atoms with Crippen LogP contribution in [0.4, 0.5) is 5.69 Å². The highest BCUT2D eigenvalue weighted by molar-refractivity contribution is 6.30. The molecule has 2 aromatic heterocycles. The van der Waals surface area contributed by atoms with Gasteiger partial charge >= 0.3 is 0 Å². The number of benzene rings is 2. The lowest BCUT2D eigenvalue weighted by atomic mass is 10.1. The molecule has 0 aliphatic heterocycles. The minimum absolute atomic E-state index is 0.135. The standard InChI is InChI=1S/C23H20ClN5O2/c1-13-7-15(11-25)10-19-21(13)29-22(28-19)20-18(5-6-26-23(20)31)27-17(12-30)9-14-3-2-4-16(24)8-14/h2-8,10,17,30H,9,12H2,1H3,(H,28,29)(H2,26,27,31)/t17-/m0/s1. The zero-order chi connectivity index (χ0) is 22.0. The summed E-state index contributed by atoms with van der Waals surface area (Å²) in [5.41, 5.74) is 4.26. The lowest BCUT2D eigenvalue weighted by Crippen LogP contribution is -2.28. The number of imidazole rings is 1. The van der Waals surface area contributed by atoms with Gasteiger partial charge in [-0.25, -0.2) is 4.98 Å². The van der Waals surface area contributed by atoms with Gasteiger partial charge in [0, 0.05) is 11.2 Å². The topological polar surface area (TPSA) is 118 Å². The van der Waals surface area contributed by atoms with E-state index < -0.39 is 0 Å². The van der Waals surface area contributed by atoms with E-state index in [-0.39, 0.29) is 18.2 Å². The molecule has 0 aliphatic rings. The SMILES string of the molecule is Cc1cc(C#N)cc2[nH]c(-c3c(N[C@H](CO)Cc4cccc(Cl)c4)cc[nH]c3=O)nc12. The van der Waals surface area contributed by atoms with Crippen molar-refractivity contribution in [2.45, 2.75) is 19.4 Å². The van der Waals surface area contributed by atoms with Crippen molar-refractivity contribution in [3.05, 3.63) is 80.7 Å². The number of aliphatic hydroxyl groups is 1. The number of nitrogens with zero attached hydrogens (tertiary/aromatic N) is 2. The van der Waals surface area contributed by atoms with Gasteiger partial charge in [-0.05, 0) is 54.8 Å². The van der Waals surface area contributed by atoms with Crippen LogP contribution in [0.1, 0.15) is 16.7 Å². The average Bonchev–Trinajstić information content (AvgIpc) is 3.17. The van der Waals surface area contributed by atoms with Gasteiger partial charge in [-0.3, -0.25) is 4.79 Å². The van der Waals surface area contributed by atoms with Gasteiger partial charge in [0.1, 0.15) is 11.4 Å². The predicted molar refractivity (Wildman–Crippen MR) is 121 cm³/mol. The molecule has 0 saturated heterocycles. The summed E-state index contributed by atoms with van der Waals surface area (Å²) in [4.78, 5) is 23.1. The van der Waals surface area contributed by atoms with Crippen LogP contribution in [0, 0.1) is 18.3 Å². The summed E-state index contributed by atoms with van der Waals surface area (Å²) in [7, 11) is 0. The summed E-state index contributed by atoms with van der Waals surface area (Å²) in [6, 6.07) is 14.4. The Balaban J connectivity index is 1.72. The first kappa shape index (κ1) is 20.7. The highest BCUT2D eigenvalue weighted by atomic mass is 35.5. The maximum atomic E-state index is 12.7. The molecule has 156 valence electrons. The lowest BCUT2D eigenvalue weighted by molar-refractivity contribution is 0.274. The molecule has 2 heterocycles. The summed E-state index contributed by atoms with van der Waals surface area (Å²) in [5, 5.41) is 23.0. The third-order valence-electron chi connectivity index (χ3n) is 5.06. The highest BCUT2D eigenvalue weighted by Crippen LogP contribution is 2.27. The maximum absolute atomic E-state index is 12.7. The van der Waals surface area contributed by atoms with Gasteiger partial charge in [-0.2, -0.15) is 5.26 Å². The second-order valence-corrected chi connectivity index (χ2v) is 7.78. The molecule has 31 heavy (non-hydrogen) atoms. The Hall–Kier alpha value is -3.60. The molecule has 0 unspecified atom stereocenters. The van der Waals surface area contributed by atoms with Crippen LogP contribution < -0.4 is 10.9 Å². The summed E-state index contributed by atoms with van der Waals surface area (Å²) in [6.07, 6.45) is 2.07. The summed E-state index contributed by atoms with van der Waals surface area (Å²) in [6.45, 7) is 1.73. The molecule has 8 heteroatoms. The van der Waals surface area contributed by atoms with Crippen molar-refractivity contribution >= 4 is 28.3 Å². The molecule has 4 N–H and O–H groups in total. The van der Waals surface area contributed by atoms with Crippen molar-refractivity contribution in [2.75, 3.05) is 11.9 Å². The van der Waals surface area contributed by atoms with Crippen LogP contribution in [0.25, 0.3) is 22.4 Å². The van der Waals surface area contributed by atoms with E-state index in [9.17, 15) is 15.2 Å². The number of aromatic nitrogens is 3. The fourth-order valence-electron chi connectivity index (χ4n) is 3.64. The third-order valence-corrected chi connectivity index (χ3v) is 5.29. The largest absolute Gasteiger partial charge is 0.394 e. The molecular formula is C23H20ClN5O2. The van der Waals surface area contributed by atoms with Gasteiger partial charge in [0.2, 0.25) is 0 Å². The van der Waals surface area contributed by atoms with Crippen LogP contribution in [0.3, 0.4) is 0 Å². The van der Waals surface area contributed by atoms with E-state index in [1.165, 1.54) is 0 Å². The molecule has 0 amide bonds. The molecular weight excluding hydrogens is 414 g/mol. The Morgan fingerprint density at radius 3 is 2.87 bits per heavy atom. The maximum Gasteiger partial charge on any atom is 0.261 e. The Morgan fingerprint density at radius 2 is 2.13 bits per heavy atom. The number of rotatable bonds is 6. The quantitative estimate of drug-likeness (QED) is 0.369. The van der Waals surface area contributed by atoms with Gasteiger partial charge < -0.3 is 20.4 Å². The van der Waals surface area contributed by atoms with E-state index in [1.54, 1.807) is 30.5 Å². The number of nitrogens with one attached hydrogen (secondary N) is 3. The molecule has 0 saturated carbocycles. The van der Waals surface area contributed by atoms with E-state index in [4.69, 9.17) is 11.6 Å². The average molecular weight is 434 g/mol. The van der Waals surface area contributed by atoms with E-state index in [2.05, 4.69) is 26.3 Å². The Labute approximate surface area is 183 Å². The minimum Gasteiger partial charge on any atom is -0.394 e. The van der Waals surface area contributed by atoms with Crippen molar-refractivity contribution < 1.29 is 5.11 Å². The number of aryl methyl sites for hydroxylation is 1. The number of aromatic amines is 2. The van der Waals surface area contributed by atoms with E-state index in [0.717, 1.165) is 11.1 Å². The van der Waals surface area contributed by atoms with Gasteiger partial charge in [0.15, 0.2) is 0 Å². The molecule has 0 spiro atoms. The van der Waals surface area contributed by atoms with Crippen molar-refractivity contribution in [1.82, 2.24) is 15.0 Å². The van der Waals surface area contributed by atoms with Crippen LogP contribution in [0.5, 0.6) is 0 Å². The molecule has 0 bridgehead atoms. The number of pyridine rings is 1.